The van der Waals surface area contributed by atoms with Gasteiger partial charge in [0.25, 0.3) is 5.91 Å². The summed E-state index contributed by atoms with van der Waals surface area (Å²) in [5.74, 6) is 2.59. The summed E-state index contributed by atoms with van der Waals surface area (Å²) < 4.78 is 16.2. The predicted molar refractivity (Wildman–Crippen MR) is 136 cm³/mol. The molecule has 4 rings (SSSR count). The van der Waals surface area contributed by atoms with E-state index in [1.807, 2.05) is 30.3 Å². The Balaban J connectivity index is 1.69. The molecule has 1 aliphatic rings. The van der Waals surface area contributed by atoms with Crippen LogP contribution in [-0.4, -0.2) is 26.3 Å². The zero-order chi connectivity index (χ0) is 24.3. The number of thiophene rings is 1. The van der Waals surface area contributed by atoms with Gasteiger partial charge in [0.05, 0.1) is 32.6 Å². The molecule has 1 N–H and O–H groups in total. The molecule has 0 radical (unpaired) electrons. The average Bonchev–Trinajstić information content (AvgIpc) is 3.47. The van der Waals surface area contributed by atoms with Gasteiger partial charge in [0.2, 0.25) is 0 Å². The van der Waals surface area contributed by atoms with Crippen molar-refractivity contribution < 1.29 is 18.7 Å². The highest BCUT2D eigenvalue weighted by Gasteiger charge is 2.33. The normalized spacial score (nSPS) is 15.9. The molecule has 1 aliphatic carbocycles. The zero-order valence-electron chi connectivity index (χ0n) is 20.4. The third kappa shape index (κ3) is 5.20. The topological polar surface area (TPSA) is 73.1 Å². The van der Waals surface area contributed by atoms with Gasteiger partial charge in [-0.05, 0) is 66.5 Å². The molecular weight excluding hydrogens is 448 g/mol. The highest BCUT2D eigenvalue weighted by Crippen LogP contribution is 2.45. The second-order valence-electron chi connectivity index (χ2n) is 9.62. The third-order valence-corrected chi connectivity index (χ3v) is 7.62. The van der Waals surface area contributed by atoms with Crippen LogP contribution in [0.3, 0.4) is 0 Å². The molecular formula is C27H32N2O4S. The number of methoxy groups -OCH3 is 2. The first-order chi connectivity index (χ1) is 16.3. The molecule has 0 spiro atoms. The first-order valence-electron chi connectivity index (χ1n) is 11.5. The quantitative estimate of drug-likeness (QED) is 0.409. The van der Waals surface area contributed by atoms with E-state index in [9.17, 15) is 4.79 Å². The maximum atomic E-state index is 13.3. The van der Waals surface area contributed by atoms with Crippen molar-refractivity contribution in [2.45, 2.75) is 46.6 Å². The van der Waals surface area contributed by atoms with Crippen LogP contribution in [0.5, 0.6) is 11.5 Å². The average molecular weight is 481 g/mol. The first-order valence-corrected chi connectivity index (χ1v) is 12.3. The number of carbonyl (C=O) groups excluding carboxylic acids is 1. The Labute approximate surface area is 205 Å². The second-order valence-corrected chi connectivity index (χ2v) is 10.7. The van der Waals surface area contributed by atoms with Crippen LogP contribution in [-0.2, 0) is 19.4 Å². The molecule has 1 atom stereocenters. The van der Waals surface area contributed by atoms with Gasteiger partial charge in [0.15, 0.2) is 0 Å². The number of ether oxygens (including phenoxy) is 2. The maximum absolute atomic E-state index is 13.3. The number of carbonyl (C=O) groups is 1. The van der Waals surface area contributed by atoms with Gasteiger partial charge in [-0.2, -0.15) is 0 Å². The van der Waals surface area contributed by atoms with E-state index in [0.29, 0.717) is 23.8 Å². The van der Waals surface area contributed by atoms with Crippen LogP contribution in [0, 0.1) is 11.3 Å². The van der Waals surface area contributed by atoms with Crippen LogP contribution in [0.1, 0.15) is 59.3 Å². The Morgan fingerprint density at radius 2 is 2.09 bits per heavy atom. The lowest BCUT2D eigenvalue weighted by Gasteiger charge is -2.33. The van der Waals surface area contributed by atoms with Crippen molar-refractivity contribution in [3.05, 3.63) is 63.9 Å². The van der Waals surface area contributed by atoms with E-state index in [0.717, 1.165) is 46.9 Å². The van der Waals surface area contributed by atoms with Crippen LogP contribution in [0.4, 0.5) is 5.00 Å². The summed E-state index contributed by atoms with van der Waals surface area (Å²) in [7, 11) is 3.26. The van der Waals surface area contributed by atoms with E-state index in [2.05, 4.69) is 26.1 Å². The smallest absolute Gasteiger partial charge is 0.255 e. The molecule has 0 saturated carbocycles. The van der Waals surface area contributed by atoms with Gasteiger partial charge in [0.1, 0.15) is 22.3 Å². The van der Waals surface area contributed by atoms with Crippen molar-refractivity contribution in [2.75, 3.05) is 14.2 Å². The number of nitrogens with one attached hydrogen (secondary N) is 1. The van der Waals surface area contributed by atoms with Gasteiger partial charge in [-0.25, -0.2) is 4.99 Å². The summed E-state index contributed by atoms with van der Waals surface area (Å²) in [6.45, 7) is 7.22. The Morgan fingerprint density at radius 1 is 1.26 bits per heavy atom. The van der Waals surface area contributed by atoms with E-state index >= 15 is 0 Å². The lowest BCUT2D eigenvalue weighted by atomic mass is 9.72. The van der Waals surface area contributed by atoms with Crippen molar-refractivity contribution in [1.82, 2.24) is 5.32 Å². The highest BCUT2D eigenvalue weighted by molar-refractivity contribution is 7.16. The molecule has 1 amide bonds. The van der Waals surface area contributed by atoms with Crippen LogP contribution in [0.15, 0.2) is 46.0 Å². The minimum absolute atomic E-state index is 0.118. The molecule has 180 valence electrons. The van der Waals surface area contributed by atoms with Gasteiger partial charge in [-0.1, -0.05) is 20.8 Å². The number of benzene rings is 1. The van der Waals surface area contributed by atoms with Crippen LogP contribution < -0.4 is 14.8 Å². The van der Waals surface area contributed by atoms with Crippen molar-refractivity contribution in [2.24, 2.45) is 16.3 Å². The molecule has 7 heteroatoms. The molecule has 2 aromatic heterocycles. The minimum atomic E-state index is -0.118. The van der Waals surface area contributed by atoms with Crippen molar-refractivity contribution >= 4 is 28.5 Å². The molecule has 34 heavy (non-hydrogen) atoms. The molecule has 6 nitrogen and oxygen atoms in total. The van der Waals surface area contributed by atoms with Gasteiger partial charge in [-0.3, -0.25) is 4.79 Å². The Bertz CT molecular complexity index is 1170. The number of amides is 1. The molecule has 0 unspecified atom stereocenters. The fraction of sp³-hybridized carbons (Fsp3) is 0.407. The number of rotatable bonds is 7. The molecule has 0 fully saturated rings. The van der Waals surface area contributed by atoms with Crippen LogP contribution in [0.25, 0.3) is 0 Å². The standard InChI is InChI=1S/C27H32N2O4S/c1-27(2,3)18-8-10-21-23(14-18)34-26(24(21)25(30)28-16-20-7-6-12-33-20)29-15-17-13-19(31-4)9-11-22(17)32-5/h6-7,9,11-13,15,18H,8,10,14,16H2,1-5H3,(H,28,30)/t18-/m0/s1. The van der Waals surface area contributed by atoms with Crippen LogP contribution in [0.2, 0.25) is 0 Å². The van der Waals surface area contributed by atoms with E-state index in [-0.39, 0.29) is 11.3 Å². The summed E-state index contributed by atoms with van der Waals surface area (Å²) in [6.07, 6.45) is 6.29. The summed E-state index contributed by atoms with van der Waals surface area (Å²) in [6, 6.07) is 9.25. The zero-order valence-corrected chi connectivity index (χ0v) is 21.3. The minimum Gasteiger partial charge on any atom is -0.497 e. The number of furan rings is 1. The number of nitrogens with zero attached hydrogens (tertiary/aromatic N) is 1. The monoisotopic (exact) mass is 480 g/mol. The largest absolute Gasteiger partial charge is 0.497 e. The molecule has 0 aliphatic heterocycles. The molecule has 0 saturated heterocycles. The van der Waals surface area contributed by atoms with Gasteiger partial charge in [0, 0.05) is 16.7 Å². The predicted octanol–water partition coefficient (Wildman–Crippen LogP) is 6.19. The van der Waals surface area contributed by atoms with E-state index in [1.54, 1.807) is 38.0 Å². The SMILES string of the molecule is COc1ccc(OC)c(C=Nc2sc3c(c2C(=O)NCc2ccco2)CC[C@H](C(C)(C)C)C3)c1. The Morgan fingerprint density at radius 3 is 2.76 bits per heavy atom. The Kier molecular flexibility index (Phi) is 7.12. The summed E-state index contributed by atoms with van der Waals surface area (Å²) >= 11 is 1.62. The molecule has 0 bridgehead atoms. The maximum Gasteiger partial charge on any atom is 0.255 e. The second kappa shape index (κ2) is 10.1. The molecule has 3 aromatic rings. The molecule has 1 aromatic carbocycles. The van der Waals surface area contributed by atoms with E-state index in [1.165, 1.54) is 4.88 Å². The third-order valence-electron chi connectivity index (χ3n) is 6.46. The van der Waals surface area contributed by atoms with Gasteiger partial charge >= 0.3 is 0 Å². The first kappa shape index (κ1) is 24.1. The summed E-state index contributed by atoms with van der Waals surface area (Å²) in [5.41, 5.74) is 2.83. The molecule has 2 heterocycles. The van der Waals surface area contributed by atoms with Crippen LogP contribution >= 0.6 is 11.3 Å². The fourth-order valence-corrected chi connectivity index (χ4v) is 5.64. The van der Waals surface area contributed by atoms with Crippen molar-refractivity contribution in [1.29, 1.82) is 0 Å². The lowest BCUT2D eigenvalue weighted by molar-refractivity contribution is 0.0947. The lowest BCUT2D eigenvalue weighted by Crippen LogP contribution is -2.28. The number of fused-ring (bicyclic) bond motifs is 1. The van der Waals surface area contributed by atoms with Crippen molar-refractivity contribution in [3.63, 3.8) is 0 Å². The number of hydrogen-bond donors (Lipinski definition) is 1. The number of aliphatic imine (C=N–C) groups is 1. The van der Waals surface area contributed by atoms with E-state index < -0.39 is 0 Å². The number of hydrogen-bond acceptors (Lipinski definition) is 6. The summed E-state index contributed by atoms with van der Waals surface area (Å²) in [5, 5.41) is 3.74. The fourth-order valence-electron chi connectivity index (χ4n) is 4.37. The Hall–Kier alpha value is -3.06. The van der Waals surface area contributed by atoms with Crippen molar-refractivity contribution in [3.8, 4) is 11.5 Å². The van der Waals surface area contributed by atoms with E-state index in [4.69, 9.17) is 18.9 Å². The van der Waals surface area contributed by atoms with Gasteiger partial charge < -0.3 is 19.2 Å². The summed E-state index contributed by atoms with van der Waals surface area (Å²) in [4.78, 5) is 19.4. The van der Waals surface area contributed by atoms with Gasteiger partial charge in [-0.15, -0.1) is 11.3 Å². The highest BCUT2D eigenvalue weighted by atomic mass is 32.1.